The molecule has 0 heterocycles. The second kappa shape index (κ2) is 5.73. The van der Waals surface area contributed by atoms with Crippen molar-refractivity contribution in [1.29, 1.82) is 0 Å². The summed E-state index contributed by atoms with van der Waals surface area (Å²) in [4.78, 5) is 0. The van der Waals surface area contributed by atoms with Crippen LogP contribution in [0.25, 0.3) is 0 Å². The Hall–Kier alpha value is -1.04. The maximum Gasteiger partial charge on any atom is -0.00444 e. The van der Waals surface area contributed by atoms with Crippen LogP contribution in [0.3, 0.4) is 0 Å². The standard InChI is InChI=1S/C18H26/c1-5-15-9-13(3)17(11-15)7-8-18-12-16(6-2)10-14(18)4/h9-12,15-16H,5-8H2,1-4H3. The first kappa shape index (κ1) is 13.4. The molecule has 0 aromatic heterocycles. The fraction of sp³-hybridized carbons (Fsp3) is 0.556. The average Bonchev–Trinajstić information content (AvgIpc) is 2.90. The summed E-state index contributed by atoms with van der Waals surface area (Å²) in [6.45, 7) is 9.07. The summed E-state index contributed by atoms with van der Waals surface area (Å²) in [5, 5.41) is 0. The predicted octanol–water partition coefficient (Wildman–Crippen LogP) is 5.59. The number of hydrogen-bond acceptors (Lipinski definition) is 0. The van der Waals surface area contributed by atoms with E-state index >= 15 is 0 Å². The Bertz CT molecular complexity index is 387. The summed E-state index contributed by atoms with van der Waals surface area (Å²) in [6.07, 6.45) is 14.7. The molecular weight excluding hydrogens is 216 g/mol. The van der Waals surface area contributed by atoms with E-state index in [0.29, 0.717) is 11.8 Å². The van der Waals surface area contributed by atoms with Gasteiger partial charge in [-0.05, 0) is 62.5 Å². The second-order valence-corrected chi connectivity index (χ2v) is 5.73. The monoisotopic (exact) mass is 242 g/mol. The maximum atomic E-state index is 2.47. The van der Waals surface area contributed by atoms with E-state index in [0.717, 1.165) is 0 Å². The van der Waals surface area contributed by atoms with Gasteiger partial charge in [0.15, 0.2) is 0 Å². The molecule has 0 amide bonds. The summed E-state index contributed by atoms with van der Waals surface area (Å²) in [5.41, 5.74) is 6.18. The topological polar surface area (TPSA) is 0 Å². The van der Waals surface area contributed by atoms with Crippen molar-refractivity contribution < 1.29 is 0 Å². The molecule has 2 rings (SSSR count). The zero-order chi connectivity index (χ0) is 13.1. The Balaban J connectivity index is 1.94. The highest BCUT2D eigenvalue weighted by Gasteiger charge is 2.16. The smallest absolute Gasteiger partial charge is 0.00444 e. The van der Waals surface area contributed by atoms with E-state index in [2.05, 4.69) is 52.0 Å². The zero-order valence-corrected chi connectivity index (χ0v) is 12.3. The van der Waals surface area contributed by atoms with Gasteiger partial charge in [-0.1, -0.05) is 49.3 Å². The highest BCUT2D eigenvalue weighted by Crippen LogP contribution is 2.33. The average molecular weight is 242 g/mol. The molecule has 0 aromatic carbocycles. The Labute approximate surface area is 112 Å². The summed E-state index contributed by atoms with van der Waals surface area (Å²) >= 11 is 0. The van der Waals surface area contributed by atoms with Crippen LogP contribution in [0.15, 0.2) is 46.6 Å². The first-order valence-corrected chi connectivity index (χ1v) is 7.43. The fourth-order valence-electron chi connectivity index (χ4n) is 3.03. The number of allylic oxidation sites excluding steroid dienone is 8. The van der Waals surface area contributed by atoms with Crippen LogP contribution in [-0.2, 0) is 0 Å². The molecule has 0 aromatic rings. The van der Waals surface area contributed by atoms with Gasteiger partial charge in [0.2, 0.25) is 0 Å². The van der Waals surface area contributed by atoms with E-state index < -0.39 is 0 Å². The largest absolute Gasteiger partial charge is 0.0744 e. The molecule has 0 aliphatic heterocycles. The fourth-order valence-corrected chi connectivity index (χ4v) is 3.03. The molecule has 0 spiro atoms. The van der Waals surface area contributed by atoms with Crippen molar-refractivity contribution in [3.05, 3.63) is 46.6 Å². The van der Waals surface area contributed by atoms with Crippen molar-refractivity contribution >= 4 is 0 Å². The van der Waals surface area contributed by atoms with Crippen LogP contribution >= 0.6 is 0 Å². The Kier molecular flexibility index (Phi) is 4.27. The Morgan fingerprint density at radius 3 is 1.39 bits per heavy atom. The number of rotatable bonds is 5. The van der Waals surface area contributed by atoms with Crippen LogP contribution in [-0.4, -0.2) is 0 Å². The van der Waals surface area contributed by atoms with E-state index in [1.165, 1.54) is 36.8 Å². The molecule has 2 atom stereocenters. The SMILES string of the molecule is CCC1C=C(C)C(CCC2=CC(CC)C=C2C)=C1. The summed E-state index contributed by atoms with van der Waals surface area (Å²) in [7, 11) is 0. The Morgan fingerprint density at radius 2 is 1.11 bits per heavy atom. The van der Waals surface area contributed by atoms with Crippen molar-refractivity contribution in [2.45, 2.75) is 53.4 Å². The minimum absolute atomic E-state index is 0.692. The van der Waals surface area contributed by atoms with Gasteiger partial charge in [-0.15, -0.1) is 0 Å². The summed E-state index contributed by atoms with van der Waals surface area (Å²) < 4.78 is 0. The van der Waals surface area contributed by atoms with Crippen LogP contribution in [0.1, 0.15) is 53.4 Å². The van der Waals surface area contributed by atoms with E-state index in [9.17, 15) is 0 Å². The Morgan fingerprint density at radius 1 is 0.722 bits per heavy atom. The van der Waals surface area contributed by atoms with Gasteiger partial charge in [-0.2, -0.15) is 0 Å². The molecule has 2 aliphatic rings. The first-order chi connectivity index (χ1) is 8.63. The van der Waals surface area contributed by atoms with Crippen LogP contribution in [0.4, 0.5) is 0 Å². The summed E-state index contributed by atoms with van der Waals surface area (Å²) in [6, 6.07) is 0. The minimum atomic E-state index is 0.692. The molecule has 0 saturated carbocycles. The summed E-state index contributed by atoms with van der Waals surface area (Å²) in [5.74, 6) is 1.38. The quantitative estimate of drug-likeness (QED) is 0.589. The first-order valence-electron chi connectivity index (χ1n) is 7.43. The van der Waals surface area contributed by atoms with E-state index in [-0.39, 0.29) is 0 Å². The predicted molar refractivity (Wildman–Crippen MR) is 80.5 cm³/mol. The lowest BCUT2D eigenvalue weighted by atomic mass is 9.99. The van der Waals surface area contributed by atoms with Gasteiger partial charge in [0.25, 0.3) is 0 Å². The highest BCUT2D eigenvalue weighted by molar-refractivity contribution is 5.41. The highest BCUT2D eigenvalue weighted by atomic mass is 14.2. The molecule has 0 heteroatoms. The van der Waals surface area contributed by atoms with Crippen LogP contribution < -0.4 is 0 Å². The normalized spacial score (nSPS) is 26.9. The molecule has 0 saturated heterocycles. The molecule has 0 radical (unpaired) electrons. The van der Waals surface area contributed by atoms with Crippen LogP contribution in [0, 0.1) is 11.8 Å². The lowest BCUT2D eigenvalue weighted by molar-refractivity contribution is 0.776. The molecule has 2 aliphatic carbocycles. The second-order valence-electron chi connectivity index (χ2n) is 5.73. The van der Waals surface area contributed by atoms with Crippen LogP contribution in [0.5, 0.6) is 0 Å². The van der Waals surface area contributed by atoms with Gasteiger partial charge in [0.1, 0.15) is 0 Å². The van der Waals surface area contributed by atoms with Crippen molar-refractivity contribution in [2.24, 2.45) is 11.8 Å². The van der Waals surface area contributed by atoms with Gasteiger partial charge in [-0.25, -0.2) is 0 Å². The molecule has 18 heavy (non-hydrogen) atoms. The molecule has 0 bridgehead atoms. The number of hydrogen-bond donors (Lipinski definition) is 0. The molecule has 0 N–H and O–H groups in total. The zero-order valence-electron chi connectivity index (χ0n) is 12.3. The van der Waals surface area contributed by atoms with Gasteiger partial charge in [0, 0.05) is 0 Å². The van der Waals surface area contributed by atoms with Gasteiger partial charge in [0.05, 0.1) is 0 Å². The van der Waals surface area contributed by atoms with Gasteiger partial charge < -0.3 is 0 Å². The maximum absolute atomic E-state index is 2.47. The lowest BCUT2D eigenvalue weighted by Crippen LogP contribution is -1.88. The third kappa shape index (κ3) is 2.85. The molecular formula is C18H26. The van der Waals surface area contributed by atoms with Crippen molar-refractivity contribution in [2.75, 3.05) is 0 Å². The third-order valence-corrected chi connectivity index (χ3v) is 4.38. The van der Waals surface area contributed by atoms with Crippen molar-refractivity contribution in [3.8, 4) is 0 Å². The molecule has 2 unspecified atom stereocenters. The van der Waals surface area contributed by atoms with Gasteiger partial charge in [-0.3, -0.25) is 0 Å². The molecule has 0 fully saturated rings. The third-order valence-electron chi connectivity index (χ3n) is 4.38. The van der Waals surface area contributed by atoms with Crippen LogP contribution in [0.2, 0.25) is 0 Å². The van der Waals surface area contributed by atoms with Gasteiger partial charge >= 0.3 is 0 Å². The van der Waals surface area contributed by atoms with E-state index in [4.69, 9.17) is 0 Å². The molecule has 0 nitrogen and oxygen atoms in total. The molecule has 98 valence electrons. The lowest BCUT2D eigenvalue weighted by Gasteiger charge is -2.06. The van der Waals surface area contributed by atoms with Crippen molar-refractivity contribution in [3.63, 3.8) is 0 Å². The van der Waals surface area contributed by atoms with E-state index in [1.54, 1.807) is 11.1 Å². The minimum Gasteiger partial charge on any atom is -0.0744 e. The van der Waals surface area contributed by atoms with Crippen molar-refractivity contribution in [1.82, 2.24) is 0 Å². The van der Waals surface area contributed by atoms with E-state index in [1.807, 2.05) is 0 Å².